The number of pyridine rings is 1. The molecule has 2 aromatic rings. The van der Waals surface area contributed by atoms with Gasteiger partial charge in [0, 0.05) is 39.1 Å². The Morgan fingerprint density at radius 2 is 1.94 bits per heavy atom. The number of benzene rings is 1. The first-order chi connectivity index (χ1) is 17.2. The van der Waals surface area contributed by atoms with Crippen LogP contribution in [-0.4, -0.2) is 60.7 Å². The van der Waals surface area contributed by atoms with Crippen LogP contribution in [-0.2, 0) is 9.53 Å². The fraction of sp³-hybridized carbons (Fsp3) is 0.440. The smallest absolute Gasteiger partial charge is 0.387 e. The number of aromatic nitrogens is 1. The molecular weight excluding hydrogens is 476 g/mol. The number of halogens is 2. The molecule has 2 amide bonds. The third-order valence-electron chi connectivity index (χ3n) is 6.19. The van der Waals surface area contributed by atoms with E-state index < -0.39 is 18.8 Å². The monoisotopic (exact) mass is 503 g/mol. The van der Waals surface area contributed by atoms with Gasteiger partial charge in [0.1, 0.15) is 5.69 Å². The summed E-state index contributed by atoms with van der Waals surface area (Å²) in [5.41, 5.74) is 1.04. The molecule has 1 aromatic heterocycles. The minimum Gasteiger partial charge on any atom is -0.489 e. The number of amides is 2. The Hall–Kier alpha value is -3.76. The predicted octanol–water partition coefficient (Wildman–Crippen LogP) is 3.35. The number of hydrogen-bond donors (Lipinski definition) is 1. The van der Waals surface area contributed by atoms with Crippen LogP contribution in [0.1, 0.15) is 58.5 Å². The van der Waals surface area contributed by atoms with Crippen molar-refractivity contribution < 1.29 is 37.4 Å². The third kappa shape index (κ3) is 6.07. The number of ether oxygens (including phenoxy) is 3. The highest BCUT2D eigenvalue weighted by atomic mass is 19.3. The molecule has 0 unspecified atom stereocenters. The number of likely N-dealkylation sites (tertiary alicyclic amines) is 1. The lowest BCUT2D eigenvalue weighted by Crippen LogP contribution is -2.37. The lowest BCUT2D eigenvalue weighted by molar-refractivity contribution is -0.135. The number of carbonyl (C=O) groups is 3. The standard InChI is InChI=1S/C25H27F2N3O6/c1-14(31)30-12-18(10-22(30)36-24(33)19-7-5-17(11-29-19)23(32)28-2)16-6-8-20(35-25(26)27)21(9-16)34-13-15-3-4-15/h5-9,11,15,18,22,25H,3-4,10,12-13H2,1-2H3,(H,28,32)/t18-,22-/m1/s1. The van der Waals surface area contributed by atoms with Crippen LogP contribution in [0, 0.1) is 5.92 Å². The van der Waals surface area contributed by atoms with Gasteiger partial charge in [-0.05, 0) is 48.6 Å². The van der Waals surface area contributed by atoms with Gasteiger partial charge < -0.3 is 24.4 Å². The maximum atomic E-state index is 12.9. The summed E-state index contributed by atoms with van der Waals surface area (Å²) in [5.74, 6) is -0.991. The van der Waals surface area contributed by atoms with E-state index in [1.54, 1.807) is 12.1 Å². The number of rotatable bonds is 9. The molecule has 0 bridgehead atoms. The van der Waals surface area contributed by atoms with Gasteiger partial charge in [-0.1, -0.05) is 6.07 Å². The van der Waals surface area contributed by atoms with Crippen molar-refractivity contribution in [3.8, 4) is 11.5 Å². The SMILES string of the molecule is CNC(=O)c1ccc(C(=O)O[C@@H]2C[C@@H](c3ccc(OC(F)F)c(OCC4CC4)c3)CN2C(C)=O)nc1. The molecule has 192 valence electrons. The Morgan fingerprint density at radius 3 is 2.56 bits per heavy atom. The van der Waals surface area contributed by atoms with Crippen LogP contribution in [0.25, 0.3) is 0 Å². The fourth-order valence-electron chi connectivity index (χ4n) is 4.04. The first kappa shape index (κ1) is 25.3. The van der Waals surface area contributed by atoms with E-state index in [1.807, 2.05) is 0 Å². The molecule has 1 saturated carbocycles. The molecule has 1 N–H and O–H groups in total. The second kappa shape index (κ2) is 10.9. The van der Waals surface area contributed by atoms with Crippen molar-refractivity contribution in [2.45, 2.75) is 44.9 Å². The van der Waals surface area contributed by atoms with Crippen LogP contribution in [0.15, 0.2) is 36.5 Å². The Labute approximate surface area is 206 Å². The van der Waals surface area contributed by atoms with Crippen molar-refractivity contribution in [3.05, 3.63) is 53.3 Å². The molecule has 0 spiro atoms. The number of nitrogens with zero attached hydrogens (tertiary/aromatic N) is 2. The average molecular weight is 504 g/mol. The minimum absolute atomic E-state index is 0.00105. The van der Waals surface area contributed by atoms with E-state index in [0.29, 0.717) is 24.5 Å². The molecule has 2 atom stereocenters. The van der Waals surface area contributed by atoms with Gasteiger partial charge in [-0.2, -0.15) is 8.78 Å². The average Bonchev–Trinajstić information content (AvgIpc) is 3.60. The Kier molecular flexibility index (Phi) is 7.66. The van der Waals surface area contributed by atoms with E-state index in [1.165, 1.54) is 43.3 Å². The topological polar surface area (TPSA) is 107 Å². The summed E-state index contributed by atoms with van der Waals surface area (Å²) in [7, 11) is 1.49. The van der Waals surface area contributed by atoms with Gasteiger partial charge in [-0.3, -0.25) is 9.59 Å². The molecule has 11 heteroatoms. The first-order valence-corrected chi connectivity index (χ1v) is 11.6. The molecule has 2 heterocycles. The summed E-state index contributed by atoms with van der Waals surface area (Å²) in [6.45, 7) is -0.919. The van der Waals surface area contributed by atoms with Crippen molar-refractivity contribution in [1.82, 2.24) is 15.2 Å². The predicted molar refractivity (Wildman–Crippen MR) is 123 cm³/mol. The van der Waals surface area contributed by atoms with Crippen molar-refractivity contribution in [3.63, 3.8) is 0 Å². The zero-order valence-corrected chi connectivity index (χ0v) is 19.9. The van der Waals surface area contributed by atoms with Crippen LogP contribution >= 0.6 is 0 Å². The normalized spacial score (nSPS) is 19.2. The van der Waals surface area contributed by atoms with Crippen LogP contribution in [0.3, 0.4) is 0 Å². The van der Waals surface area contributed by atoms with E-state index in [-0.39, 0.29) is 41.5 Å². The summed E-state index contributed by atoms with van der Waals surface area (Å²) in [6, 6.07) is 7.55. The van der Waals surface area contributed by atoms with Gasteiger partial charge in [-0.25, -0.2) is 9.78 Å². The Bertz CT molecular complexity index is 1120. The molecule has 2 aliphatic rings. The fourth-order valence-corrected chi connectivity index (χ4v) is 4.04. The molecule has 0 radical (unpaired) electrons. The highest BCUT2D eigenvalue weighted by molar-refractivity contribution is 5.94. The summed E-state index contributed by atoms with van der Waals surface area (Å²) in [5, 5.41) is 2.47. The highest BCUT2D eigenvalue weighted by Gasteiger charge is 2.38. The van der Waals surface area contributed by atoms with Gasteiger partial charge in [-0.15, -0.1) is 0 Å². The summed E-state index contributed by atoms with van der Waals surface area (Å²) in [6.07, 6.45) is 2.81. The van der Waals surface area contributed by atoms with Gasteiger partial charge in [0.15, 0.2) is 17.7 Å². The van der Waals surface area contributed by atoms with Crippen molar-refractivity contribution in [1.29, 1.82) is 0 Å². The van der Waals surface area contributed by atoms with Crippen molar-refractivity contribution in [2.75, 3.05) is 20.2 Å². The Morgan fingerprint density at radius 1 is 1.17 bits per heavy atom. The van der Waals surface area contributed by atoms with E-state index in [0.717, 1.165) is 18.4 Å². The van der Waals surface area contributed by atoms with Gasteiger partial charge in [0.05, 0.1) is 12.2 Å². The van der Waals surface area contributed by atoms with E-state index in [2.05, 4.69) is 15.0 Å². The molecule has 9 nitrogen and oxygen atoms in total. The lowest BCUT2D eigenvalue weighted by atomic mass is 9.97. The molecule has 1 aromatic carbocycles. The number of hydrogen-bond acceptors (Lipinski definition) is 7. The molecule has 36 heavy (non-hydrogen) atoms. The molecule has 1 aliphatic heterocycles. The Balaban J connectivity index is 1.48. The zero-order chi connectivity index (χ0) is 25.8. The van der Waals surface area contributed by atoms with Crippen LogP contribution in [0.4, 0.5) is 8.78 Å². The van der Waals surface area contributed by atoms with Gasteiger partial charge in [0.2, 0.25) is 5.91 Å². The second-order valence-corrected chi connectivity index (χ2v) is 8.81. The number of carbonyl (C=O) groups excluding carboxylic acids is 3. The second-order valence-electron chi connectivity index (χ2n) is 8.81. The quantitative estimate of drug-likeness (QED) is 0.523. The zero-order valence-electron chi connectivity index (χ0n) is 19.9. The molecule has 4 rings (SSSR count). The maximum absolute atomic E-state index is 12.9. The van der Waals surface area contributed by atoms with Crippen LogP contribution in [0.2, 0.25) is 0 Å². The van der Waals surface area contributed by atoms with Crippen LogP contribution in [0.5, 0.6) is 11.5 Å². The molecule has 1 saturated heterocycles. The first-order valence-electron chi connectivity index (χ1n) is 11.6. The third-order valence-corrected chi connectivity index (χ3v) is 6.19. The van der Waals surface area contributed by atoms with Gasteiger partial charge >= 0.3 is 12.6 Å². The number of nitrogens with one attached hydrogen (secondary N) is 1. The van der Waals surface area contributed by atoms with Crippen molar-refractivity contribution >= 4 is 17.8 Å². The number of alkyl halides is 2. The van der Waals surface area contributed by atoms with Gasteiger partial charge in [0.25, 0.3) is 5.91 Å². The number of esters is 1. The lowest BCUT2D eigenvalue weighted by Gasteiger charge is -2.22. The maximum Gasteiger partial charge on any atom is 0.387 e. The van der Waals surface area contributed by atoms with E-state index in [4.69, 9.17) is 9.47 Å². The largest absolute Gasteiger partial charge is 0.489 e. The molecule has 1 aliphatic carbocycles. The molecule has 2 fully saturated rings. The summed E-state index contributed by atoms with van der Waals surface area (Å²) < 4.78 is 41.7. The van der Waals surface area contributed by atoms with E-state index in [9.17, 15) is 23.2 Å². The van der Waals surface area contributed by atoms with Crippen LogP contribution < -0.4 is 14.8 Å². The summed E-state index contributed by atoms with van der Waals surface area (Å²) in [4.78, 5) is 42.1. The minimum atomic E-state index is -2.98. The molecular formula is C25H27F2N3O6. The van der Waals surface area contributed by atoms with E-state index >= 15 is 0 Å². The highest BCUT2D eigenvalue weighted by Crippen LogP contribution is 2.39. The summed E-state index contributed by atoms with van der Waals surface area (Å²) >= 11 is 0. The van der Waals surface area contributed by atoms with Crippen molar-refractivity contribution in [2.24, 2.45) is 5.92 Å².